The molecular formula is C15H16ClFN6O. The van der Waals surface area contributed by atoms with Crippen molar-refractivity contribution in [1.29, 1.82) is 0 Å². The minimum absolute atomic E-state index is 0.179. The van der Waals surface area contributed by atoms with Gasteiger partial charge >= 0.3 is 0 Å². The Hall–Kier alpha value is -2.09. The molecule has 3 aliphatic heterocycles. The lowest BCUT2D eigenvalue weighted by molar-refractivity contribution is -0.120. The summed E-state index contributed by atoms with van der Waals surface area (Å²) in [5.74, 6) is 1.10. The van der Waals surface area contributed by atoms with Crippen LogP contribution >= 0.6 is 11.6 Å². The first-order chi connectivity index (χ1) is 11.5. The third kappa shape index (κ3) is 2.64. The van der Waals surface area contributed by atoms with Gasteiger partial charge in [-0.05, 0) is 6.92 Å². The normalized spacial score (nSPS) is 29.6. The van der Waals surface area contributed by atoms with E-state index >= 15 is 0 Å². The molecule has 24 heavy (non-hydrogen) atoms. The van der Waals surface area contributed by atoms with Gasteiger partial charge in [-0.1, -0.05) is 11.6 Å². The number of aromatic nitrogens is 2. The molecule has 2 fully saturated rings. The number of carbonyl (C=O) groups is 1. The molecule has 0 aromatic carbocycles. The maximum Gasteiger partial charge on any atom is 0.289 e. The monoisotopic (exact) mass is 350 g/mol. The Labute approximate surface area is 143 Å². The van der Waals surface area contributed by atoms with Crippen molar-refractivity contribution < 1.29 is 9.18 Å². The molecule has 9 heteroatoms. The molecule has 0 radical (unpaired) electrons. The van der Waals surface area contributed by atoms with Crippen LogP contribution in [-0.2, 0) is 4.79 Å². The van der Waals surface area contributed by atoms with E-state index in [0.717, 1.165) is 26.2 Å². The maximum atomic E-state index is 13.5. The smallest absolute Gasteiger partial charge is 0.289 e. The van der Waals surface area contributed by atoms with E-state index in [4.69, 9.17) is 11.6 Å². The highest BCUT2D eigenvalue weighted by molar-refractivity contribution is 6.30. The summed E-state index contributed by atoms with van der Waals surface area (Å²) in [6.45, 7) is 4.67. The van der Waals surface area contributed by atoms with Gasteiger partial charge in [0, 0.05) is 38.0 Å². The summed E-state index contributed by atoms with van der Waals surface area (Å²) in [6, 6.07) is 0. The molecule has 2 saturated heterocycles. The van der Waals surface area contributed by atoms with Gasteiger partial charge in [0.1, 0.15) is 0 Å². The summed E-state index contributed by atoms with van der Waals surface area (Å²) in [6.07, 6.45) is 1.49. The van der Waals surface area contributed by atoms with Crippen LogP contribution in [0.15, 0.2) is 22.4 Å². The van der Waals surface area contributed by atoms with Crippen LogP contribution in [0.5, 0.6) is 0 Å². The minimum Gasteiger partial charge on any atom is -0.340 e. The first-order valence-corrected chi connectivity index (χ1v) is 8.18. The predicted octanol–water partition coefficient (Wildman–Crippen LogP) is 1.19. The lowest BCUT2D eigenvalue weighted by Crippen LogP contribution is -2.38. The van der Waals surface area contributed by atoms with Crippen molar-refractivity contribution in [2.75, 3.05) is 31.1 Å². The average Bonchev–Trinajstić information content (AvgIpc) is 3.11. The first kappa shape index (κ1) is 15.4. The minimum atomic E-state index is -1.70. The van der Waals surface area contributed by atoms with Crippen LogP contribution < -0.4 is 4.90 Å². The lowest BCUT2D eigenvalue weighted by atomic mass is 10.0. The quantitative estimate of drug-likeness (QED) is 0.760. The van der Waals surface area contributed by atoms with E-state index in [-0.39, 0.29) is 5.71 Å². The second-order valence-electron chi connectivity index (χ2n) is 6.40. The number of hydrogen-bond donors (Lipinski definition) is 0. The molecule has 7 nitrogen and oxygen atoms in total. The molecule has 0 N–H and O–H groups in total. The zero-order valence-electron chi connectivity index (χ0n) is 13.1. The summed E-state index contributed by atoms with van der Waals surface area (Å²) in [7, 11) is 0. The van der Waals surface area contributed by atoms with E-state index in [2.05, 4.69) is 24.9 Å². The number of guanidine groups is 1. The van der Waals surface area contributed by atoms with Gasteiger partial charge in [-0.2, -0.15) is 4.99 Å². The van der Waals surface area contributed by atoms with Gasteiger partial charge in [0.15, 0.2) is 0 Å². The van der Waals surface area contributed by atoms with Gasteiger partial charge in [0.2, 0.25) is 18.1 Å². The topological polar surface area (TPSA) is 74.1 Å². The van der Waals surface area contributed by atoms with E-state index in [1.807, 2.05) is 4.90 Å². The van der Waals surface area contributed by atoms with Gasteiger partial charge in [-0.25, -0.2) is 19.4 Å². The second kappa shape index (κ2) is 5.77. The number of likely N-dealkylation sites (tertiary alicyclic amines) is 1. The number of rotatable bonds is 1. The molecule has 4 rings (SSSR count). The van der Waals surface area contributed by atoms with Crippen molar-refractivity contribution in [3.8, 4) is 0 Å². The Kier molecular flexibility index (Phi) is 3.71. The molecule has 0 aliphatic carbocycles. The van der Waals surface area contributed by atoms with Gasteiger partial charge in [0.25, 0.3) is 5.91 Å². The SMILES string of the molecule is CC1=NC(N2CC3CN(c4ncc(Cl)cn4)CC3C2)=NC(=O)C1F. The zero-order valence-corrected chi connectivity index (χ0v) is 13.8. The largest absolute Gasteiger partial charge is 0.340 e. The van der Waals surface area contributed by atoms with Crippen molar-refractivity contribution in [3.05, 3.63) is 17.4 Å². The molecule has 3 aliphatic rings. The second-order valence-corrected chi connectivity index (χ2v) is 6.83. The molecule has 3 unspecified atom stereocenters. The zero-order chi connectivity index (χ0) is 16.8. The maximum absolute atomic E-state index is 13.5. The molecule has 0 saturated carbocycles. The van der Waals surface area contributed by atoms with Crippen molar-refractivity contribution in [2.24, 2.45) is 21.8 Å². The van der Waals surface area contributed by atoms with Crippen molar-refractivity contribution in [3.63, 3.8) is 0 Å². The van der Waals surface area contributed by atoms with Gasteiger partial charge in [0.05, 0.1) is 23.1 Å². The molecule has 4 heterocycles. The van der Waals surface area contributed by atoms with Crippen molar-refractivity contribution in [2.45, 2.75) is 13.1 Å². The van der Waals surface area contributed by atoms with Crippen LogP contribution in [0.1, 0.15) is 6.92 Å². The molecule has 0 spiro atoms. The fourth-order valence-electron chi connectivity index (χ4n) is 3.50. The highest BCUT2D eigenvalue weighted by Crippen LogP contribution is 2.33. The summed E-state index contributed by atoms with van der Waals surface area (Å²) < 4.78 is 13.5. The lowest BCUT2D eigenvalue weighted by Gasteiger charge is -2.24. The van der Waals surface area contributed by atoms with Crippen LogP contribution in [0.25, 0.3) is 0 Å². The number of aliphatic imine (C=N–C) groups is 2. The first-order valence-electron chi connectivity index (χ1n) is 7.80. The molecular weight excluding hydrogens is 335 g/mol. The third-order valence-electron chi connectivity index (χ3n) is 4.73. The van der Waals surface area contributed by atoms with E-state index in [0.29, 0.717) is 28.8 Å². The number of nitrogens with zero attached hydrogens (tertiary/aromatic N) is 6. The molecule has 1 aromatic heterocycles. The van der Waals surface area contributed by atoms with Gasteiger partial charge in [-0.3, -0.25) is 4.79 Å². The van der Waals surface area contributed by atoms with Crippen LogP contribution in [-0.4, -0.2) is 64.8 Å². The van der Waals surface area contributed by atoms with Gasteiger partial charge in [-0.15, -0.1) is 0 Å². The van der Waals surface area contributed by atoms with E-state index in [9.17, 15) is 9.18 Å². The summed E-state index contributed by atoms with van der Waals surface area (Å²) in [5.41, 5.74) is 0.179. The van der Waals surface area contributed by atoms with E-state index in [1.165, 1.54) is 6.92 Å². The molecule has 3 atom stereocenters. The van der Waals surface area contributed by atoms with E-state index in [1.54, 1.807) is 12.4 Å². The molecule has 1 aromatic rings. The molecule has 0 bridgehead atoms. The predicted molar refractivity (Wildman–Crippen MR) is 88.3 cm³/mol. The summed E-state index contributed by atoms with van der Waals surface area (Å²) in [4.78, 5) is 32.2. The number of fused-ring (bicyclic) bond motifs is 1. The van der Waals surface area contributed by atoms with Crippen LogP contribution in [0, 0.1) is 11.8 Å². The average molecular weight is 351 g/mol. The Balaban J connectivity index is 1.44. The van der Waals surface area contributed by atoms with Crippen LogP contribution in [0.2, 0.25) is 5.02 Å². The number of hydrogen-bond acceptors (Lipinski definition) is 6. The highest BCUT2D eigenvalue weighted by atomic mass is 35.5. The summed E-state index contributed by atoms with van der Waals surface area (Å²) >= 11 is 5.82. The Bertz CT molecular complexity index is 722. The number of amides is 1. The molecule has 126 valence electrons. The fourth-order valence-corrected chi connectivity index (χ4v) is 3.60. The van der Waals surface area contributed by atoms with Crippen molar-refractivity contribution in [1.82, 2.24) is 14.9 Å². The van der Waals surface area contributed by atoms with Crippen LogP contribution in [0.3, 0.4) is 0 Å². The Morgan fingerprint density at radius 2 is 1.67 bits per heavy atom. The Morgan fingerprint density at radius 3 is 2.25 bits per heavy atom. The van der Waals surface area contributed by atoms with E-state index < -0.39 is 12.1 Å². The standard InChI is InChI=1S/C15H16ClFN6O/c1-8-12(17)13(24)21-15(20-8)23-6-9-4-22(5-10(9)7-23)14-18-2-11(16)3-19-14/h2-3,9-10,12H,4-7H2,1H3. The van der Waals surface area contributed by atoms with Gasteiger partial charge < -0.3 is 9.80 Å². The van der Waals surface area contributed by atoms with Crippen molar-refractivity contribution >= 4 is 35.1 Å². The van der Waals surface area contributed by atoms with Crippen LogP contribution in [0.4, 0.5) is 10.3 Å². The Morgan fingerprint density at radius 1 is 1.08 bits per heavy atom. The number of carbonyl (C=O) groups excluding carboxylic acids is 1. The number of anilines is 1. The third-order valence-corrected chi connectivity index (χ3v) is 4.92. The number of halogens is 2. The summed E-state index contributed by atoms with van der Waals surface area (Å²) in [5, 5.41) is 0.517. The highest BCUT2D eigenvalue weighted by Gasteiger charge is 2.42. The molecule has 1 amide bonds. The fraction of sp³-hybridized carbons (Fsp3) is 0.533. The number of alkyl halides is 1.